The molecule has 0 saturated carbocycles. The van der Waals surface area contributed by atoms with Crippen molar-refractivity contribution in [3.8, 4) is 11.5 Å². The molecular weight excluding hydrogens is 196 g/mol. The SMILES string of the molecule is CSc1cc2cccc(O)c2cc1O. The molecular formula is C11H10O2S. The topological polar surface area (TPSA) is 40.5 Å². The Morgan fingerprint density at radius 3 is 2.57 bits per heavy atom. The second kappa shape index (κ2) is 3.42. The van der Waals surface area contributed by atoms with Gasteiger partial charge >= 0.3 is 0 Å². The van der Waals surface area contributed by atoms with Crippen LogP contribution in [0.1, 0.15) is 0 Å². The van der Waals surface area contributed by atoms with Crippen molar-refractivity contribution < 1.29 is 10.2 Å². The summed E-state index contributed by atoms with van der Waals surface area (Å²) in [6.45, 7) is 0. The zero-order chi connectivity index (χ0) is 10.1. The van der Waals surface area contributed by atoms with E-state index in [-0.39, 0.29) is 11.5 Å². The van der Waals surface area contributed by atoms with Crippen LogP contribution in [0.4, 0.5) is 0 Å². The Kier molecular flexibility index (Phi) is 2.25. The zero-order valence-corrected chi connectivity index (χ0v) is 8.51. The standard InChI is InChI=1S/C11H10O2S/c1-14-11-5-7-3-2-4-9(12)8(7)6-10(11)13/h2-6,12-13H,1H3. The summed E-state index contributed by atoms with van der Waals surface area (Å²) in [5, 5.41) is 20.8. The van der Waals surface area contributed by atoms with Gasteiger partial charge in [-0.2, -0.15) is 0 Å². The van der Waals surface area contributed by atoms with Gasteiger partial charge in [0.15, 0.2) is 0 Å². The first kappa shape index (κ1) is 9.21. The van der Waals surface area contributed by atoms with E-state index in [9.17, 15) is 10.2 Å². The van der Waals surface area contributed by atoms with Gasteiger partial charge in [0, 0.05) is 10.3 Å². The maximum atomic E-state index is 9.60. The number of fused-ring (bicyclic) bond motifs is 1. The molecule has 0 radical (unpaired) electrons. The molecule has 2 aromatic rings. The Bertz CT molecular complexity index is 480. The highest BCUT2D eigenvalue weighted by molar-refractivity contribution is 7.98. The van der Waals surface area contributed by atoms with E-state index in [0.717, 1.165) is 10.3 Å². The summed E-state index contributed by atoms with van der Waals surface area (Å²) in [6.07, 6.45) is 1.91. The first-order chi connectivity index (χ1) is 6.72. The molecule has 0 heterocycles. The van der Waals surface area contributed by atoms with Gasteiger partial charge in [-0.05, 0) is 29.8 Å². The second-order valence-corrected chi connectivity index (χ2v) is 3.87. The molecule has 0 aliphatic rings. The number of hydrogen-bond acceptors (Lipinski definition) is 3. The summed E-state index contributed by atoms with van der Waals surface area (Å²) in [5.41, 5.74) is 0. The molecule has 2 rings (SSSR count). The van der Waals surface area contributed by atoms with Crippen LogP contribution in [-0.2, 0) is 0 Å². The van der Waals surface area contributed by atoms with Crippen molar-refractivity contribution in [2.24, 2.45) is 0 Å². The molecule has 0 aromatic heterocycles. The average Bonchev–Trinajstić information content (AvgIpc) is 2.19. The van der Waals surface area contributed by atoms with E-state index in [4.69, 9.17) is 0 Å². The van der Waals surface area contributed by atoms with Crippen LogP contribution in [-0.4, -0.2) is 16.5 Å². The van der Waals surface area contributed by atoms with Crippen LogP contribution in [0.25, 0.3) is 10.8 Å². The van der Waals surface area contributed by atoms with Gasteiger partial charge < -0.3 is 10.2 Å². The average molecular weight is 206 g/mol. The quantitative estimate of drug-likeness (QED) is 0.705. The van der Waals surface area contributed by atoms with Crippen LogP contribution < -0.4 is 0 Å². The number of benzene rings is 2. The minimum absolute atomic E-state index is 0.199. The molecule has 3 heteroatoms. The normalized spacial score (nSPS) is 10.6. The summed E-state index contributed by atoms with van der Waals surface area (Å²) < 4.78 is 0. The molecule has 2 nitrogen and oxygen atoms in total. The fourth-order valence-corrected chi connectivity index (χ4v) is 1.95. The van der Waals surface area contributed by atoms with Gasteiger partial charge in [-0.25, -0.2) is 0 Å². The van der Waals surface area contributed by atoms with Gasteiger partial charge in [0.25, 0.3) is 0 Å². The molecule has 2 N–H and O–H groups in total. The van der Waals surface area contributed by atoms with Crippen LogP contribution in [0.2, 0.25) is 0 Å². The molecule has 0 aliphatic carbocycles. The third-order valence-electron chi connectivity index (χ3n) is 2.16. The predicted molar refractivity (Wildman–Crippen MR) is 59.1 cm³/mol. The fourth-order valence-electron chi connectivity index (χ4n) is 1.44. The number of phenolic OH excluding ortho intramolecular Hbond substituents is 2. The zero-order valence-electron chi connectivity index (χ0n) is 7.69. The minimum Gasteiger partial charge on any atom is -0.507 e. The lowest BCUT2D eigenvalue weighted by molar-refractivity contribution is 0.461. The van der Waals surface area contributed by atoms with E-state index in [1.54, 1.807) is 18.2 Å². The summed E-state index contributed by atoms with van der Waals surface area (Å²) in [4.78, 5) is 0.822. The number of thioether (sulfide) groups is 1. The third kappa shape index (κ3) is 1.40. The van der Waals surface area contributed by atoms with Crippen molar-refractivity contribution >= 4 is 22.5 Å². The second-order valence-electron chi connectivity index (χ2n) is 3.02. The Hall–Kier alpha value is -1.35. The maximum Gasteiger partial charge on any atom is 0.129 e. The molecule has 0 atom stereocenters. The first-order valence-electron chi connectivity index (χ1n) is 4.21. The van der Waals surface area contributed by atoms with Crippen molar-refractivity contribution in [2.45, 2.75) is 4.90 Å². The van der Waals surface area contributed by atoms with E-state index in [1.165, 1.54) is 11.8 Å². The van der Waals surface area contributed by atoms with Crippen molar-refractivity contribution in [2.75, 3.05) is 6.26 Å². The van der Waals surface area contributed by atoms with Crippen LogP contribution >= 0.6 is 11.8 Å². The summed E-state index contributed by atoms with van der Waals surface area (Å²) in [5.74, 6) is 0.414. The van der Waals surface area contributed by atoms with Crippen molar-refractivity contribution in [1.29, 1.82) is 0 Å². The third-order valence-corrected chi connectivity index (χ3v) is 2.92. The van der Waals surface area contributed by atoms with Crippen LogP contribution in [0.5, 0.6) is 11.5 Å². The largest absolute Gasteiger partial charge is 0.507 e. The molecule has 0 amide bonds. The molecule has 0 saturated heterocycles. The van der Waals surface area contributed by atoms with Gasteiger partial charge in [0.05, 0.1) is 0 Å². The Labute approximate surface area is 86.2 Å². The van der Waals surface area contributed by atoms with Crippen molar-refractivity contribution in [1.82, 2.24) is 0 Å². The lowest BCUT2D eigenvalue weighted by Crippen LogP contribution is -1.77. The van der Waals surface area contributed by atoms with Crippen LogP contribution in [0, 0.1) is 0 Å². The predicted octanol–water partition coefficient (Wildman–Crippen LogP) is 2.97. The smallest absolute Gasteiger partial charge is 0.129 e. The highest BCUT2D eigenvalue weighted by Gasteiger charge is 2.05. The molecule has 0 aliphatic heterocycles. The highest BCUT2D eigenvalue weighted by atomic mass is 32.2. The number of phenols is 2. The molecule has 0 spiro atoms. The maximum absolute atomic E-state index is 9.60. The van der Waals surface area contributed by atoms with Gasteiger partial charge in [0.1, 0.15) is 11.5 Å². The molecule has 2 aromatic carbocycles. The Morgan fingerprint density at radius 2 is 1.86 bits per heavy atom. The molecule has 72 valence electrons. The lowest BCUT2D eigenvalue weighted by atomic mass is 10.1. The number of aromatic hydroxyl groups is 2. The van der Waals surface area contributed by atoms with Gasteiger partial charge in [-0.1, -0.05) is 12.1 Å². The minimum atomic E-state index is 0.199. The van der Waals surface area contributed by atoms with Gasteiger partial charge in [-0.15, -0.1) is 11.8 Å². The van der Waals surface area contributed by atoms with Crippen LogP contribution in [0.15, 0.2) is 35.2 Å². The first-order valence-corrected chi connectivity index (χ1v) is 5.43. The van der Waals surface area contributed by atoms with Crippen LogP contribution in [0.3, 0.4) is 0 Å². The van der Waals surface area contributed by atoms with E-state index >= 15 is 0 Å². The van der Waals surface area contributed by atoms with E-state index < -0.39 is 0 Å². The lowest BCUT2D eigenvalue weighted by Gasteiger charge is -2.05. The Balaban J connectivity index is 2.79. The van der Waals surface area contributed by atoms with Gasteiger partial charge in [0.2, 0.25) is 0 Å². The van der Waals surface area contributed by atoms with Crippen molar-refractivity contribution in [3.63, 3.8) is 0 Å². The Morgan fingerprint density at radius 1 is 1.07 bits per heavy atom. The molecule has 0 unspecified atom stereocenters. The van der Waals surface area contributed by atoms with E-state index in [2.05, 4.69) is 0 Å². The summed E-state index contributed by atoms with van der Waals surface area (Å²) >= 11 is 1.48. The summed E-state index contributed by atoms with van der Waals surface area (Å²) in [7, 11) is 0. The number of hydrogen-bond donors (Lipinski definition) is 2. The van der Waals surface area contributed by atoms with E-state index in [1.807, 2.05) is 18.4 Å². The van der Waals surface area contributed by atoms with Gasteiger partial charge in [-0.3, -0.25) is 0 Å². The molecule has 14 heavy (non-hydrogen) atoms. The molecule has 0 fully saturated rings. The molecule has 0 bridgehead atoms. The summed E-state index contributed by atoms with van der Waals surface area (Å²) in [6, 6.07) is 8.78. The fraction of sp³-hybridized carbons (Fsp3) is 0.0909. The monoisotopic (exact) mass is 206 g/mol. The highest BCUT2D eigenvalue weighted by Crippen LogP contribution is 2.34. The van der Waals surface area contributed by atoms with E-state index in [0.29, 0.717) is 5.39 Å². The number of rotatable bonds is 1. The van der Waals surface area contributed by atoms with Crippen molar-refractivity contribution in [3.05, 3.63) is 30.3 Å².